The highest BCUT2D eigenvalue weighted by Gasteiger charge is 2.28. The van der Waals surface area contributed by atoms with Crippen LogP contribution < -0.4 is 10.6 Å². The fourth-order valence-electron chi connectivity index (χ4n) is 3.75. The van der Waals surface area contributed by atoms with E-state index in [2.05, 4.69) is 26.6 Å². The molecule has 8 heteroatoms. The van der Waals surface area contributed by atoms with Gasteiger partial charge in [-0.2, -0.15) is 0 Å². The van der Waals surface area contributed by atoms with E-state index in [1.54, 1.807) is 18.2 Å². The highest BCUT2D eigenvalue weighted by molar-refractivity contribution is 9.10. The molecule has 4 amide bonds. The monoisotopic (exact) mass is 480 g/mol. The number of hydrogen-bond acceptors (Lipinski definition) is 3. The Bertz CT molecular complexity index is 1190. The van der Waals surface area contributed by atoms with Crippen LogP contribution in [-0.4, -0.2) is 33.9 Å². The maximum Gasteiger partial charge on any atom is 0.324 e. The van der Waals surface area contributed by atoms with E-state index in [4.69, 9.17) is 0 Å². The van der Waals surface area contributed by atoms with Crippen molar-refractivity contribution >= 4 is 39.5 Å². The molecule has 2 N–H and O–H groups in total. The van der Waals surface area contributed by atoms with E-state index < -0.39 is 6.03 Å². The Labute approximate surface area is 188 Å². The lowest BCUT2D eigenvalue weighted by Crippen LogP contribution is -2.30. The zero-order chi connectivity index (χ0) is 22.1. The van der Waals surface area contributed by atoms with Gasteiger partial charge in [0.25, 0.3) is 5.91 Å². The van der Waals surface area contributed by atoms with Crippen molar-refractivity contribution in [3.8, 4) is 5.69 Å². The first kappa shape index (κ1) is 20.9. The van der Waals surface area contributed by atoms with E-state index in [9.17, 15) is 14.4 Å². The van der Waals surface area contributed by atoms with Crippen LogP contribution >= 0.6 is 15.9 Å². The number of anilines is 1. The van der Waals surface area contributed by atoms with Crippen LogP contribution in [-0.2, 0) is 11.3 Å². The minimum absolute atomic E-state index is 0.0167. The number of nitrogens with one attached hydrogen (secondary N) is 2. The smallest absolute Gasteiger partial charge is 0.324 e. The molecule has 1 fully saturated rings. The lowest BCUT2D eigenvalue weighted by molar-refractivity contribution is -0.125. The second kappa shape index (κ2) is 8.39. The standard InChI is InChI=1S/C23H21BrN4O3/c1-14-9-20(15(2)28(14)19-8-4-6-17(24)11-19)22(30)26-18-7-3-5-16(10-18)13-27-21(29)12-25-23(27)31/h3-11H,12-13H2,1-2H3,(H,25,31)(H,26,30). The molecular formula is C23H21BrN4O3. The Kier molecular flexibility index (Phi) is 5.65. The van der Waals surface area contributed by atoms with Crippen LogP contribution in [0, 0.1) is 13.8 Å². The number of carbonyl (C=O) groups is 3. The second-order valence-electron chi connectivity index (χ2n) is 7.39. The molecule has 0 saturated carbocycles. The van der Waals surface area contributed by atoms with Crippen LogP contribution in [0.15, 0.2) is 59.1 Å². The summed E-state index contributed by atoms with van der Waals surface area (Å²) >= 11 is 3.49. The van der Waals surface area contributed by atoms with Crippen LogP contribution in [0.3, 0.4) is 0 Å². The maximum atomic E-state index is 13.0. The Morgan fingerprint density at radius 3 is 2.58 bits per heavy atom. The SMILES string of the molecule is Cc1cc(C(=O)Nc2cccc(CN3C(=O)CNC3=O)c2)c(C)n1-c1cccc(Br)c1. The van der Waals surface area contributed by atoms with E-state index in [0.717, 1.165) is 32.0 Å². The third kappa shape index (κ3) is 4.25. The van der Waals surface area contributed by atoms with Gasteiger partial charge in [-0.05, 0) is 55.8 Å². The first-order valence-electron chi connectivity index (χ1n) is 9.77. The van der Waals surface area contributed by atoms with Crippen molar-refractivity contribution < 1.29 is 14.4 Å². The third-order valence-corrected chi connectivity index (χ3v) is 5.70. The highest BCUT2D eigenvalue weighted by Crippen LogP contribution is 2.24. The summed E-state index contributed by atoms with van der Waals surface area (Å²) in [6.45, 7) is 4.05. The van der Waals surface area contributed by atoms with Crippen molar-refractivity contribution in [3.05, 3.63) is 81.6 Å². The van der Waals surface area contributed by atoms with Crippen molar-refractivity contribution in [3.63, 3.8) is 0 Å². The van der Waals surface area contributed by atoms with Crippen LogP contribution in [0.25, 0.3) is 5.69 Å². The molecule has 0 atom stereocenters. The molecule has 0 radical (unpaired) electrons. The van der Waals surface area contributed by atoms with E-state index >= 15 is 0 Å². The van der Waals surface area contributed by atoms with Gasteiger partial charge in [-0.25, -0.2) is 4.79 Å². The van der Waals surface area contributed by atoms with Crippen LogP contribution in [0.2, 0.25) is 0 Å². The van der Waals surface area contributed by atoms with Crippen LogP contribution in [0.1, 0.15) is 27.3 Å². The first-order chi connectivity index (χ1) is 14.8. The zero-order valence-corrected chi connectivity index (χ0v) is 18.7. The molecule has 1 aromatic heterocycles. The number of nitrogens with zero attached hydrogens (tertiary/aromatic N) is 2. The van der Waals surface area contributed by atoms with Crippen LogP contribution in [0.4, 0.5) is 10.5 Å². The van der Waals surface area contributed by atoms with Gasteiger partial charge in [-0.3, -0.25) is 14.5 Å². The second-order valence-corrected chi connectivity index (χ2v) is 8.31. The highest BCUT2D eigenvalue weighted by atomic mass is 79.9. The third-order valence-electron chi connectivity index (χ3n) is 5.20. The predicted octanol–water partition coefficient (Wildman–Crippen LogP) is 4.16. The molecule has 1 aliphatic heterocycles. The molecule has 2 aromatic carbocycles. The number of hydrogen-bond donors (Lipinski definition) is 2. The lowest BCUT2D eigenvalue weighted by atomic mass is 10.1. The zero-order valence-electron chi connectivity index (χ0n) is 17.1. The van der Waals surface area contributed by atoms with Gasteiger partial charge >= 0.3 is 6.03 Å². The summed E-state index contributed by atoms with van der Waals surface area (Å²) in [4.78, 5) is 37.7. The number of halogens is 1. The van der Waals surface area contributed by atoms with Gasteiger partial charge in [0.2, 0.25) is 5.91 Å². The topological polar surface area (TPSA) is 83.4 Å². The van der Waals surface area contributed by atoms with Crippen molar-refractivity contribution in [2.75, 3.05) is 11.9 Å². The van der Waals surface area contributed by atoms with Crippen molar-refractivity contribution in [1.29, 1.82) is 0 Å². The molecule has 31 heavy (non-hydrogen) atoms. The Morgan fingerprint density at radius 1 is 1.10 bits per heavy atom. The molecular weight excluding hydrogens is 460 g/mol. The lowest BCUT2D eigenvalue weighted by Gasteiger charge is -2.13. The Hall–Kier alpha value is -3.39. The molecule has 158 valence electrons. The van der Waals surface area contributed by atoms with Gasteiger partial charge in [0.1, 0.15) is 0 Å². The molecule has 3 aromatic rings. The minimum Gasteiger partial charge on any atom is -0.329 e. The normalized spacial score (nSPS) is 13.5. The van der Waals surface area contributed by atoms with Crippen molar-refractivity contribution in [2.24, 2.45) is 0 Å². The van der Waals surface area contributed by atoms with E-state index in [1.807, 2.05) is 54.8 Å². The summed E-state index contributed by atoms with van der Waals surface area (Å²) in [5.41, 5.74) is 4.69. The van der Waals surface area contributed by atoms with Gasteiger partial charge in [0.15, 0.2) is 0 Å². The molecule has 0 unspecified atom stereocenters. The number of aromatic nitrogens is 1. The van der Waals surface area contributed by atoms with E-state index in [1.165, 1.54) is 0 Å². The van der Waals surface area contributed by atoms with Gasteiger partial charge in [0.05, 0.1) is 18.7 Å². The summed E-state index contributed by atoms with van der Waals surface area (Å²) in [7, 11) is 0. The molecule has 1 saturated heterocycles. The number of imide groups is 1. The quantitative estimate of drug-likeness (QED) is 0.537. The van der Waals surface area contributed by atoms with Crippen molar-refractivity contribution in [1.82, 2.24) is 14.8 Å². The summed E-state index contributed by atoms with van der Waals surface area (Å²) in [6.07, 6.45) is 0. The van der Waals surface area contributed by atoms with Gasteiger partial charge < -0.3 is 15.2 Å². The van der Waals surface area contributed by atoms with Crippen molar-refractivity contribution in [2.45, 2.75) is 20.4 Å². The summed E-state index contributed by atoms with van der Waals surface area (Å²) in [5, 5.41) is 5.43. The fourth-order valence-corrected chi connectivity index (χ4v) is 4.14. The number of carbonyl (C=O) groups excluding carboxylic acids is 3. The number of benzene rings is 2. The number of urea groups is 1. The Balaban J connectivity index is 1.55. The summed E-state index contributed by atoms with van der Waals surface area (Å²) < 4.78 is 3.00. The minimum atomic E-state index is -0.403. The van der Waals surface area contributed by atoms with Gasteiger partial charge in [0, 0.05) is 27.2 Å². The van der Waals surface area contributed by atoms with E-state index in [0.29, 0.717) is 11.3 Å². The first-order valence-corrected chi connectivity index (χ1v) is 10.6. The molecule has 0 aliphatic carbocycles. The molecule has 2 heterocycles. The number of amides is 4. The average Bonchev–Trinajstić information content (AvgIpc) is 3.21. The average molecular weight is 481 g/mol. The fraction of sp³-hybridized carbons (Fsp3) is 0.174. The molecule has 4 rings (SSSR count). The largest absolute Gasteiger partial charge is 0.329 e. The van der Waals surface area contributed by atoms with Gasteiger partial charge in [-0.15, -0.1) is 0 Å². The summed E-state index contributed by atoms with van der Waals surface area (Å²) in [6, 6.07) is 16.5. The van der Waals surface area contributed by atoms with Gasteiger partial charge in [-0.1, -0.05) is 34.1 Å². The van der Waals surface area contributed by atoms with Crippen LogP contribution in [0.5, 0.6) is 0 Å². The summed E-state index contributed by atoms with van der Waals surface area (Å²) in [5.74, 6) is -0.485. The number of aryl methyl sites for hydroxylation is 1. The predicted molar refractivity (Wildman–Crippen MR) is 121 cm³/mol. The number of rotatable bonds is 5. The molecule has 0 spiro atoms. The van der Waals surface area contributed by atoms with E-state index in [-0.39, 0.29) is 24.9 Å². The molecule has 7 nitrogen and oxygen atoms in total. The molecule has 0 bridgehead atoms. The maximum absolute atomic E-state index is 13.0. The Morgan fingerprint density at radius 2 is 1.87 bits per heavy atom. The molecule has 1 aliphatic rings.